The molecule has 0 aliphatic carbocycles. The maximum Gasteiger partial charge on any atom is 0.420 e. The fourth-order valence-electron chi connectivity index (χ4n) is 3.61. The number of likely N-dealkylation sites (tertiary alicyclic amines) is 1. The van der Waals surface area contributed by atoms with Crippen LogP contribution in [0.15, 0.2) is 39.7 Å². The molecule has 1 aliphatic heterocycles. The van der Waals surface area contributed by atoms with Gasteiger partial charge in [0.1, 0.15) is 12.4 Å². The monoisotopic (exact) mass is 340 g/mol. The van der Waals surface area contributed by atoms with Gasteiger partial charge in [-0.3, -0.25) is 9.36 Å². The Hall–Kier alpha value is -2.83. The van der Waals surface area contributed by atoms with E-state index in [0.717, 1.165) is 17.9 Å². The maximum atomic E-state index is 12.7. The summed E-state index contributed by atoms with van der Waals surface area (Å²) in [5, 5.41) is 0. The van der Waals surface area contributed by atoms with Gasteiger partial charge in [0.2, 0.25) is 5.91 Å². The maximum absolute atomic E-state index is 12.7. The molecule has 0 bridgehead atoms. The van der Waals surface area contributed by atoms with E-state index in [-0.39, 0.29) is 18.4 Å². The van der Waals surface area contributed by atoms with E-state index in [2.05, 4.69) is 4.98 Å². The lowest BCUT2D eigenvalue weighted by Gasteiger charge is -2.16. The van der Waals surface area contributed by atoms with Crippen molar-refractivity contribution in [3.8, 4) is 0 Å². The minimum Gasteiger partial charge on any atom is -0.408 e. The van der Waals surface area contributed by atoms with Gasteiger partial charge in [0.15, 0.2) is 5.58 Å². The molecule has 130 valence electrons. The fourth-order valence-corrected chi connectivity index (χ4v) is 3.61. The van der Waals surface area contributed by atoms with Crippen LogP contribution in [0.1, 0.15) is 23.9 Å². The van der Waals surface area contributed by atoms with Crippen molar-refractivity contribution in [1.82, 2.24) is 19.0 Å². The predicted octanol–water partition coefficient (Wildman–Crippen LogP) is 1.65. The van der Waals surface area contributed by atoms with Crippen molar-refractivity contribution in [3.63, 3.8) is 0 Å². The third kappa shape index (κ3) is 2.75. The second kappa shape index (κ2) is 5.91. The number of aryl methyl sites for hydroxylation is 2. The molecule has 1 atom stereocenters. The van der Waals surface area contributed by atoms with Crippen LogP contribution in [-0.2, 0) is 18.4 Å². The van der Waals surface area contributed by atoms with Crippen molar-refractivity contribution < 1.29 is 9.21 Å². The smallest absolute Gasteiger partial charge is 0.408 e. The van der Waals surface area contributed by atoms with Gasteiger partial charge >= 0.3 is 5.76 Å². The molecule has 25 heavy (non-hydrogen) atoms. The van der Waals surface area contributed by atoms with Gasteiger partial charge in [-0.15, -0.1) is 0 Å². The van der Waals surface area contributed by atoms with E-state index in [1.807, 2.05) is 35.7 Å². The number of carbonyl (C=O) groups excluding carboxylic acids is 1. The minimum atomic E-state index is -0.495. The lowest BCUT2D eigenvalue weighted by atomic mass is 10.1. The molecule has 3 aromatic rings. The first-order valence-electron chi connectivity index (χ1n) is 8.39. The van der Waals surface area contributed by atoms with E-state index < -0.39 is 5.76 Å². The zero-order valence-electron chi connectivity index (χ0n) is 14.3. The normalized spacial score (nSPS) is 17.5. The van der Waals surface area contributed by atoms with Crippen molar-refractivity contribution >= 4 is 17.0 Å². The number of nitrogens with zero attached hydrogens (tertiary/aromatic N) is 4. The molecule has 1 aliphatic rings. The number of amides is 1. The van der Waals surface area contributed by atoms with E-state index in [0.29, 0.717) is 24.2 Å². The van der Waals surface area contributed by atoms with Crippen LogP contribution in [0, 0.1) is 6.92 Å². The number of carbonyl (C=O) groups is 1. The molecule has 0 radical (unpaired) electrons. The Kier molecular flexibility index (Phi) is 3.71. The van der Waals surface area contributed by atoms with E-state index >= 15 is 0 Å². The van der Waals surface area contributed by atoms with E-state index in [9.17, 15) is 9.59 Å². The zero-order chi connectivity index (χ0) is 17.6. The second-order valence-corrected chi connectivity index (χ2v) is 6.60. The molecular weight excluding hydrogens is 320 g/mol. The van der Waals surface area contributed by atoms with Gasteiger partial charge in [-0.2, -0.15) is 0 Å². The van der Waals surface area contributed by atoms with Crippen LogP contribution in [0.25, 0.3) is 11.1 Å². The van der Waals surface area contributed by atoms with Crippen molar-refractivity contribution in [2.75, 3.05) is 13.1 Å². The topological polar surface area (TPSA) is 73.3 Å². The molecule has 4 rings (SSSR count). The van der Waals surface area contributed by atoms with Gasteiger partial charge in [0, 0.05) is 32.3 Å². The Labute approximate surface area is 144 Å². The van der Waals surface area contributed by atoms with Crippen molar-refractivity contribution in [1.29, 1.82) is 0 Å². The van der Waals surface area contributed by atoms with Crippen molar-refractivity contribution in [2.45, 2.75) is 25.8 Å². The molecule has 1 amide bonds. The van der Waals surface area contributed by atoms with Gasteiger partial charge in [-0.25, -0.2) is 9.78 Å². The van der Waals surface area contributed by atoms with Crippen LogP contribution in [0.3, 0.4) is 0 Å². The Bertz CT molecular complexity index is 997. The van der Waals surface area contributed by atoms with Gasteiger partial charge in [-0.1, -0.05) is 12.1 Å². The van der Waals surface area contributed by atoms with Crippen LogP contribution in [0.5, 0.6) is 0 Å². The summed E-state index contributed by atoms with van der Waals surface area (Å²) in [6.07, 6.45) is 2.88. The number of aromatic nitrogens is 3. The summed E-state index contributed by atoms with van der Waals surface area (Å²) >= 11 is 0. The van der Waals surface area contributed by atoms with Gasteiger partial charge in [0.05, 0.1) is 11.2 Å². The summed E-state index contributed by atoms with van der Waals surface area (Å²) in [5.41, 5.74) is 2.14. The second-order valence-electron chi connectivity index (χ2n) is 6.60. The van der Waals surface area contributed by atoms with Crippen LogP contribution < -0.4 is 5.76 Å². The summed E-state index contributed by atoms with van der Waals surface area (Å²) in [5.74, 6) is 0.686. The molecule has 7 heteroatoms. The lowest BCUT2D eigenvalue weighted by molar-refractivity contribution is -0.130. The van der Waals surface area contributed by atoms with Crippen molar-refractivity contribution in [2.24, 2.45) is 7.05 Å². The molecule has 2 aromatic heterocycles. The number of para-hydroxylation sites is 2. The third-order valence-corrected chi connectivity index (χ3v) is 4.81. The van der Waals surface area contributed by atoms with Gasteiger partial charge < -0.3 is 13.9 Å². The summed E-state index contributed by atoms with van der Waals surface area (Å²) in [4.78, 5) is 31.1. The number of hydrogen-bond donors (Lipinski definition) is 0. The SMILES string of the molecule is Cc1cn(C)c(C2CCN(C(=O)Cn3c(=O)oc4ccccc43)C2)n1. The van der Waals surface area contributed by atoms with Crippen LogP contribution in [0.4, 0.5) is 0 Å². The first kappa shape index (κ1) is 15.7. The molecular formula is C18H20N4O3. The highest BCUT2D eigenvalue weighted by molar-refractivity contribution is 5.79. The zero-order valence-corrected chi connectivity index (χ0v) is 14.3. The molecule has 0 spiro atoms. The number of oxazole rings is 1. The largest absolute Gasteiger partial charge is 0.420 e. The van der Waals surface area contributed by atoms with E-state index in [4.69, 9.17) is 4.42 Å². The number of hydrogen-bond acceptors (Lipinski definition) is 4. The molecule has 1 aromatic carbocycles. The summed E-state index contributed by atoms with van der Waals surface area (Å²) in [6, 6.07) is 7.15. The van der Waals surface area contributed by atoms with Crippen molar-refractivity contribution in [3.05, 3.63) is 52.5 Å². The molecule has 1 saturated heterocycles. The van der Waals surface area contributed by atoms with Crippen LogP contribution >= 0.6 is 0 Å². The van der Waals surface area contributed by atoms with Crippen LogP contribution in [-0.4, -0.2) is 38.0 Å². The first-order valence-corrected chi connectivity index (χ1v) is 8.39. The average molecular weight is 340 g/mol. The number of imidazole rings is 1. The Morgan fingerprint density at radius 2 is 2.16 bits per heavy atom. The highest BCUT2D eigenvalue weighted by Gasteiger charge is 2.30. The van der Waals surface area contributed by atoms with E-state index in [1.54, 1.807) is 18.2 Å². The Morgan fingerprint density at radius 1 is 1.36 bits per heavy atom. The Balaban J connectivity index is 1.51. The minimum absolute atomic E-state index is 0.00214. The molecule has 3 heterocycles. The number of benzene rings is 1. The lowest BCUT2D eigenvalue weighted by Crippen LogP contribution is -2.34. The summed E-state index contributed by atoms with van der Waals surface area (Å²) < 4.78 is 8.62. The number of fused-ring (bicyclic) bond motifs is 1. The quantitative estimate of drug-likeness (QED) is 0.727. The number of rotatable bonds is 3. The first-order chi connectivity index (χ1) is 12.0. The van der Waals surface area contributed by atoms with Gasteiger partial charge in [0.25, 0.3) is 0 Å². The molecule has 1 unspecified atom stereocenters. The predicted molar refractivity (Wildman–Crippen MR) is 92.4 cm³/mol. The highest BCUT2D eigenvalue weighted by Crippen LogP contribution is 2.26. The van der Waals surface area contributed by atoms with E-state index in [1.165, 1.54) is 4.57 Å². The van der Waals surface area contributed by atoms with Gasteiger partial charge in [-0.05, 0) is 25.5 Å². The standard InChI is InChI=1S/C18H20N4O3/c1-12-9-20(2)17(19-12)13-7-8-21(10-13)16(23)11-22-14-5-3-4-6-15(14)25-18(22)24/h3-6,9,13H,7-8,10-11H2,1-2H3. The summed E-state index contributed by atoms with van der Waals surface area (Å²) in [6.45, 7) is 3.29. The highest BCUT2D eigenvalue weighted by atomic mass is 16.4. The fraction of sp³-hybridized carbons (Fsp3) is 0.389. The molecule has 0 N–H and O–H groups in total. The average Bonchev–Trinajstić information content (AvgIpc) is 3.26. The third-order valence-electron chi connectivity index (χ3n) is 4.81. The molecule has 7 nitrogen and oxygen atoms in total. The molecule has 1 fully saturated rings. The Morgan fingerprint density at radius 3 is 2.92 bits per heavy atom. The summed E-state index contributed by atoms with van der Waals surface area (Å²) in [7, 11) is 1.98. The van der Waals surface area contributed by atoms with Crippen LogP contribution in [0.2, 0.25) is 0 Å². The molecule has 0 saturated carbocycles.